The van der Waals surface area contributed by atoms with Crippen LogP contribution < -0.4 is 0 Å². The molecule has 2 aromatic rings. The van der Waals surface area contributed by atoms with Crippen LogP contribution in [-0.2, 0) is 0 Å². The topological polar surface area (TPSA) is 46.0 Å². The van der Waals surface area contributed by atoms with Crippen molar-refractivity contribution in [2.24, 2.45) is 0 Å². The Balaban J connectivity index is 2.43. The van der Waals surface area contributed by atoms with E-state index in [-0.39, 0.29) is 0 Å². The van der Waals surface area contributed by atoms with Gasteiger partial charge in [0, 0.05) is 12.4 Å². The fraction of sp³-hybridized carbons (Fsp3) is 0.143. The molecule has 0 saturated heterocycles. The van der Waals surface area contributed by atoms with Gasteiger partial charge in [-0.2, -0.15) is 0 Å². The van der Waals surface area contributed by atoms with E-state index in [4.69, 9.17) is 0 Å². The Kier molecular flexibility index (Phi) is 3.30. The molecule has 0 aromatic carbocycles. The van der Waals surface area contributed by atoms with Crippen molar-refractivity contribution in [3.63, 3.8) is 0 Å². The van der Waals surface area contributed by atoms with Crippen molar-refractivity contribution in [3.05, 3.63) is 60.4 Å². The van der Waals surface area contributed by atoms with Crippen LogP contribution in [0.15, 0.2) is 49.3 Å². The Morgan fingerprint density at radius 2 is 1.82 bits per heavy atom. The molecule has 0 aliphatic rings. The summed E-state index contributed by atoms with van der Waals surface area (Å²) in [6, 6.07) is 7.50. The number of aryl methyl sites for hydroxylation is 1. The number of rotatable bonds is 3. The molecule has 2 aromatic heterocycles. The van der Waals surface area contributed by atoms with Gasteiger partial charge in [0.1, 0.15) is 0 Å². The van der Waals surface area contributed by atoms with Crippen LogP contribution in [0.25, 0.3) is 11.4 Å². The van der Waals surface area contributed by atoms with Gasteiger partial charge in [0.15, 0.2) is 0 Å². The van der Waals surface area contributed by atoms with Crippen LogP contribution >= 0.6 is 0 Å². The van der Waals surface area contributed by atoms with E-state index >= 15 is 0 Å². The minimum absolute atomic E-state index is 0.665. The normalized spacial score (nSPS) is 12.1. The third kappa shape index (κ3) is 2.57. The first-order chi connectivity index (χ1) is 8.20. The van der Waals surface area contributed by atoms with Crippen molar-refractivity contribution in [1.82, 2.24) is 9.97 Å². The van der Waals surface area contributed by atoms with Gasteiger partial charge in [0.05, 0.1) is 17.5 Å². The molecule has 17 heavy (non-hydrogen) atoms. The van der Waals surface area contributed by atoms with E-state index in [9.17, 15) is 5.11 Å². The largest absolute Gasteiger partial charge is 0.384 e. The predicted octanol–water partition coefficient (Wildman–Crippen LogP) is 2.67. The molecule has 0 aliphatic heterocycles. The molecule has 0 radical (unpaired) electrons. The van der Waals surface area contributed by atoms with Gasteiger partial charge >= 0.3 is 0 Å². The van der Waals surface area contributed by atoms with E-state index < -0.39 is 6.10 Å². The quantitative estimate of drug-likeness (QED) is 0.818. The number of pyridine rings is 2. The molecule has 2 rings (SSSR count). The summed E-state index contributed by atoms with van der Waals surface area (Å²) >= 11 is 0. The smallest absolute Gasteiger partial charge is 0.0970 e. The van der Waals surface area contributed by atoms with Crippen molar-refractivity contribution in [3.8, 4) is 11.4 Å². The monoisotopic (exact) mass is 226 g/mol. The highest BCUT2D eigenvalue weighted by molar-refractivity contribution is 5.55. The van der Waals surface area contributed by atoms with Crippen LogP contribution in [0.1, 0.15) is 17.2 Å². The summed E-state index contributed by atoms with van der Waals surface area (Å²) < 4.78 is 0. The molecule has 3 nitrogen and oxygen atoms in total. The van der Waals surface area contributed by atoms with Crippen LogP contribution in [0.5, 0.6) is 0 Å². The van der Waals surface area contributed by atoms with Crippen molar-refractivity contribution < 1.29 is 5.11 Å². The molecule has 0 bridgehead atoms. The molecule has 0 fully saturated rings. The van der Waals surface area contributed by atoms with E-state index in [1.807, 2.05) is 25.1 Å². The van der Waals surface area contributed by atoms with Crippen molar-refractivity contribution in [1.29, 1.82) is 0 Å². The number of hydrogen-bond acceptors (Lipinski definition) is 3. The lowest BCUT2D eigenvalue weighted by Gasteiger charge is -2.07. The molecule has 0 saturated carbocycles. The van der Waals surface area contributed by atoms with Gasteiger partial charge in [-0.1, -0.05) is 6.08 Å². The summed E-state index contributed by atoms with van der Waals surface area (Å²) in [5.74, 6) is 0. The zero-order valence-corrected chi connectivity index (χ0v) is 9.67. The van der Waals surface area contributed by atoms with E-state index in [1.165, 1.54) is 6.08 Å². The second kappa shape index (κ2) is 4.89. The highest BCUT2D eigenvalue weighted by Gasteiger charge is 2.06. The Hall–Kier alpha value is -2.00. The van der Waals surface area contributed by atoms with E-state index in [0.717, 1.165) is 22.5 Å². The van der Waals surface area contributed by atoms with E-state index in [2.05, 4.69) is 16.5 Å². The maximum atomic E-state index is 9.69. The van der Waals surface area contributed by atoms with Gasteiger partial charge in [-0.25, -0.2) is 0 Å². The van der Waals surface area contributed by atoms with Crippen LogP contribution in [0.3, 0.4) is 0 Å². The third-order valence-electron chi connectivity index (χ3n) is 2.53. The molecule has 1 N–H and O–H groups in total. The van der Waals surface area contributed by atoms with Crippen LogP contribution in [0, 0.1) is 6.92 Å². The third-order valence-corrected chi connectivity index (χ3v) is 2.53. The van der Waals surface area contributed by atoms with Crippen LogP contribution in [0.2, 0.25) is 0 Å². The Labute approximate surface area is 100 Å². The van der Waals surface area contributed by atoms with Crippen molar-refractivity contribution in [2.45, 2.75) is 13.0 Å². The van der Waals surface area contributed by atoms with E-state index in [0.29, 0.717) is 0 Å². The first kappa shape index (κ1) is 11.5. The minimum atomic E-state index is -0.665. The van der Waals surface area contributed by atoms with Gasteiger partial charge in [-0.05, 0) is 42.3 Å². The average molecular weight is 226 g/mol. The van der Waals surface area contributed by atoms with Gasteiger partial charge in [-0.15, -0.1) is 6.58 Å². The second-order valence-electron chi connectivity index (χ2n) is 3.87. The lowest BCUT2D eigenvalue weighted by Crippen LogP contribution is -1.95. The Bertz CT molecular complexity index is 537. The number of nitrogens with zero attached hydrogens (tertiary/aromatic N) is 2. The Morgan fingerprint density at radius 3 is 2.47 bits per heavy atom. The molecule has 86 valence electrons. The molecular formula is C14H14N2O. The summed E-state index contributed by atoms with van der Waals surface area (Å²) in [7, 11) is 0. The summed E-state index contributed by atoms with van der Waals surface area (Å²) in [6.45, 7) is 5.58. The zero-order chi connectivity index (χ0) is 12.3. The number of aliphatic hydroxyl groups excluding tert-OH is 1. The standard InChI is InChI=1S/C14H14N2O/c1-3-14(17)11-5-7-16-13(9-11)12-8-10(2)4-6-15-12/h3-9,14,17H,1H2,2H3. The first-order valence-corrected chi connectivity index (χ1v) is 5.40. The van der Waals surface area contributed by atoms with Crippen LogP contribution in [-0.4, -0.2) is 15.1 Å². The summed E-state index contributed by atoms with van der Waals surface area (Å²) in [4.78, 5) is 8.53. The summed E-state index contributed by atoms with van der Waals surface area (Å²) in [6.07, 6.45) is 4.24. The maximum Gasteiger partial charge on any atom is 0.0970 e. The summed E-state index contributed by atoms with van der Waals surface area (Å²) in [5.41, 5.74) is 3.47. The van der Waals surface area contributed by atoms with Crippen molar-refractivity contribution >= 4 is 0 Å². The molecule has 1 atom stereocenters. The number of hydrogen-bond donors (Lipinski definition) is 1. The van der Waals surface area contributed by atoms with Gasteiger partial charge in [0.25, 0.3) is 0 Å². The van der Waals surface area contributed by atoms with Crippen LogP contribution in [0.4, 0.5) is 0 Å². The summed E-state index contributed by atoms with van der Waals surface area (Å²) in [5, 5.41) is 9.69. The minimum Gasteiger partial charge on any atom is -0.384 e. The number of aromatic nitrogens is 2. The molecule has 0 aliphatic carbocycles. The fourth-order valence-corrected chi connectivity index (χ4v) is 1.58. The van der Waals surface area contributed by atoms with Crippen molar-refractivity contribution in [2.75, 3.05) is 0 Å². The Morgan fingerprint density at radius 1 is 1.18 bits per heavy atom. The molecule has 0 amide bonds. The molecular weight excluding hydrogens is 212 g/mol. The predicted molar refractivity (Wildman–Crippen MR) is 67.4 cm³/mol. The second-order valence-corrected chi connectivity index (χ2v) is 3.87. The zero-order valence-electron chi connectivity index (χ0n) is 9.67. The molecule has 2 heterocycles. The van der Waals surface area contributed by atoms with E-state index in [1.54, 1.807) is 18.5 Å². The maximum absolute atomic E-state index is 9.69. The fourth-order valence-electron chi connectivity index (χ4n) is 1.58. The number of aliphatic hydroxyl groups is 1. The molecule has 0 spiro atoms. The lowest BCUT2D eigenvalue weighted by molar-refractivity contribution is 0.229. The average Bonchev–Trinajstić information content (AvgIpc) is 2.38. The molecule has 3 heteroatoms. The van der Waals surface area contributed by atoms with Gasteiger partial charge in [0.2, 0.25) is 0 Å². The lowest BCUT2D eigenvalue weighted by atomic mass is 10.1. The first-order valence-electron chi connectivity index (χ1n) is 5.40. The molecule has 1 unspecified atom stereocenters. The highest BCUT2D eigenvalue weighted by Crippen LogP contribution is 2.20. The van der Waals surface area contributed by atoms with Gasteiger partial charge < -0.3 is 5.11 Å². The SMILES string of the molecule is C=CC(O)c1ccnc(-c2cc(C)ccn2)c1. The van der Waals surface area contributed by atoms with Gasteiger partial charge in [-0.3, -0.25) is 9.97 Å². The highest BCUT2D eigenvalue weighted by atomic mass is 16.3.